The molecule has 1 aliphatic heterocycles. The molecule has 0 saturated carbocycles. The molecule has 0 aromatic carbocycles. The molecule has 2 rings (SSSR count). The zero-order valence-electron chi connectivity index (χ0n) is 11.2. The van der Waals surface area contributed by atoms with E-state index in [1.165, 1.54) is 0 Å². The maximum atomic E-state index is 6.19. The molecule has 0 aliphatic carbocycles. The third-order valence-corrected chi connectivity index (χ3v) is 3.68. The summed E-state index contributed by atoms with van der Waals surface area (Å²) in [5, 5.41) is 7.59. The average Bonchev–Trinajstić information content (AvgIpc) is 2.35. The van der Waals surface area contributed by atoms with Gasteiger partial charge in [-0.3, -0.25) is 0 Å². The number of hydrogen-bond donors (Lipinski definition) is 2. The number of nitrogens with one attached hydrogen (secondary N) is 2. The Hall–Kier alpha value is -0.710. The summed E-state index contributed by atoms with van der Waals surface area (Å²) in [5.74, 6) is 1.34. The van der Waals surface area contributed by atoms with Gasteiger partial charge in [-0.25, -0.2) is 4.98 Å². The Bertz CT molecular complexity index is 442. The summed E-state index contributed by atoms with van der Waals surface area (Å²) in [4.78, 5) is 4.45. The Morgan fingerprint density at radius 2 is 2.11 bits per heavy atom. The molecular formula is C13H19Cl2N3O. The van der Waals surface area contributed by atoms with E-state index in [-0.39, 0.29) is 6.10 Å². The van der Waals surface area contributed by atoms with Gasteiger partial charge in [-0.2, -0.15) is 0 Å². The summed E-state index contributed by atoms with van der Waals surface area (Å²) in [6, 6.07) is 2.06. The second-order valence-corrected chi connectivity index (χ2v) is 5.54. The first kappa shape index (κ1) is 14.7. The summed E-state index contributed by atoms with van der Waals surface area (Å²) in [6.45, 7) is 5.61. The van der Waals surface area contributed by atoms with E-state index in [0.717, 1.165) is 26.0 Å². The van der Waals surface area contributed by atoms with Crippen molar-refractivity contribution in [3.63, 3.8) is 0 Å². The van der Waals surface area contributed by atoms with E-state index >= 15 is 0 Å². The number of rotatable bonds is 4. The van der Waals surface area contributed by atoms with Crippen molar-refractivity contribution in [1.29, 1.82) is 0 Å². The van der Waals surface area contributed by atoms with Gasteiger partial charge in [-0.1, -0.05) is 23.2 Å². The Balaban J connectivity index is 2.12. The number of aromatic nitrogens is 1. The van der Waals surface area contributed by atoms with Crippen LogP contribution in [0.2, 0.25) is 10.0 Å². The molecule has 2 atom stereocenters. The van der Waals surface area contributed by atoms with Gasteiger partial charge in [0.1, 0.15) is 11.6 Å². The van der Waals surface area contributed by atoms with E-state index in [2.05, 4.69) is 22.5 Å². The lowest BCUT2D eigenvalue weighted by Crippen LogP contribution is -2.32. The third kappa shape index (κ3) is 3.88. The van der Waals surface area contributed by atoms with Crippen molar-refractivity contribution in [2.24, 2.45) is 0 Å². The molecule has 1 aromatic rings. The first-order valence-electron chi connectivity index (χ1n) is 6.58. The van der Waals surface area contributed by atoms with Crippen LogP contribution in [0, 0.1) is 0 Å². The molecule has 1 aliphatic rings. The summed E-state index contributed by atoms with van der Waals surface area (Å²) in [7, 11) is 0. The lowest BCUT2D eigenvalue weighted by Gasteiger charge is -2.28. The van der Waals surface area contributed by atoms with Crippen molar-refractivity contribution in [3.8, 4) is 0 Å². The normalized spacial score (nSPS) is 23.2. The van der Waals surface area contributed by atoms with Crippen molar-refractivity contribution in [3.05, 3.63) is 16.1 Å². The number of halogens is 2. The van der Waals surface area contributed by atoms with Gasteiger partial charge in [0.05, 0.1) is 16.1 Å². The Morgan fingerprint density at radius 3 is 2.79 bits per heavy atom. The largest absolute Gasteiger partial charge is 0.378 e. The van der Waals surface area contributed by atoms with Crippen molar-refractivity contribution in [2.75, 3.05) is 23.8 Å². The maximum absolute atomic E-state index is 6.19. The van der Waals surface area contributed by atoms with E-state index in [4.69, 9.17) is 27.9 Å². The summed E-state index contributed by atoms with van der Waals surface area (Å²) in [5.41, 5.74) is 0. The van der Waals surface area contributed by atoms with Gasteiger partial charge in [0, 0.05) is 19.2 Å². The van der Waals surface area contributed by atoms with Crippen molar-refractivity contribution in [2.45, 2.75) is 38.8 Å². The lowest BCUT2D eigenvalue weighted by molar-refractivity contribution is 0.0232. The van der Waals surface area contributed by atoms with Crippen molar-refractivity contribution < 1.29 is 4.74 Å². The molecule has 1 fully saturated rings. The summed E-state index contributed by atoms with van der Waals surface area (Å²) >= 11 is 12.3. The zero-order chi connectivity index (χ0) is 13.8. The highest BCUT2D eigenvalue weighted by molar-refractivity contribution is 6.37. The molecule has 6 heteroatoms. The van der Waals surface area contributed by atoms with Crippen LogP contribution in [-0.2, 0) is 4.74 Å². The number of hydrogen-bond acceptors (Lipinski definition) is 4. The van der Waals surface area contributed by atoms with Crippen LogP contribution in [0.5, 0.6) is 0 Å². The molecule has 19 heavy (non-hydrogen) atoms. The van der Waals surface area contributed by atoms with Crippen LogP contribution in [0.4, 0.5) is 11.6 Å². The van der Waals surface area contributed by atoms with E-state index < -0.39 is 0 Å². The van der Waals surface area contributed by atoms with Crippen molar-refractivity contribution in [1.82, 2.24) is 4.98 Å². The van der Waals surface area contributed by atoms with Crippen LogP contribution in [0.3, 0.4) is 0 Å². The molecule has 2 heterocycles. The molecule has 0 radical (unpaired) electrons. The fraction of sp³-hybridized carbons (Fsp3) is 0.615. The first-order chi connectivity index (χ1) is 9.10. The minimum absolute atomic E-state index is 0.269. The van der Waals surface area contributed by atoms with Gasteiger partial charge in [0.15, 0.2) is 0 Å². The zero-order valence-corrected chi connectivity index (χ0v) is 12.7. The van der Waals surface area contributed by atoms with Gasteiger partial charge < -0.3 is 15.4 Å². The lowest BCUT2D eigenvalue weighted by atomic mass is 10.0. The van der Waals surface area contributed by atoms with Gasteiger partial charge in [0.25, 0.3) is 0 Å². The molecule has 0 bridgehead atoms. The number of ether oxygens (including phenoxy) is 1. The highest BCUT2D eigenvalue weighted by Gasteiger charge is 2.20. The van der Waals surface area contributed by atoms with E-state index in [1.807, 2.05) is 6.92 Å². The Morgan fingerprint density at radius 1 is 1.37 bits per heavy atom. The average molecular weight is 304 g/mol. The monoisotopic (exact) mass is 303 g/mol. The standard InChI is InChI=1S/C13H19Cl2N3O/c1-3-16-12-10(14)7-11(15)13(18-12)17-9-4-5-19-8(2)6-9/h7-9H,3-6H2,1-2H3,(H2,16,17,18). The maximum Gasteiger partial charge on any atom is 0.147 e. The van der Waals surface area contributed by atoms with Gasteiger partial charge in [-0.05, 0) is 32.8 Å². The molecule has 4 nitrogen and oxygen atoms in total. The second-order valence-electron chi connectivity index (χ2n) is 4.73. The number of nitrogens with zero attached hydrogens (tertiary/aromatic N) is 1. The minimum Gasteiger partial charge on any atom is -0.378 e. The number of anilines is 2. The molecule has 106 valence electrons. The van der Waals surface area contributed by atoms with Crippen molar-refractivity contribution >= 4 is 34.8 Å². The molecule has 1 aromatic heterocycles. The van der Waals surface area contributed by atoms with Crippen LogP contribution < -0.4 is 10.6 Å². The number of pyridine rings is 1. The third-order valence-electron chi connectivity index (χ3n) is 3.10. The predicted molar refractivity (Wildman–Crippen MR) is 80.5 cm³/mol. The quantitative estimate of drug-likeness (QED) is 0.888. The van der Waals surface area contributed by atoms with Crippen LogP contribution in [0.1, 0.15) is 26.7 Å². The van der Waals surface area contributed by atoms with Crippen LogP contribution in [0.25, 0.3) is 0 Å². The van der Waals surface area contributed by atoms with Crippen LogP contribution in [0.15, 0.2) is 6.07 Å². The van der Waals surface area contributed by atoms with Crippen LogP contribution >= 0.6 is 23.2 Å². The minimum atomic E-state index is 0.269. The topological polar surface area (TPSA) is 46.2 Å². The molecule has 2 N–H and O–H groups in total. The van der Waals surface area contributed by atoms with Gasteiger partial charge in [-0.15, -0.1) is 0 Å². The molecule has 2 unspecified atom stereocenters. The van der Waals surface area contributed by atoms with E-state index in [1.54, 1.807) is 6.07 Å². The Kier molecular flexibility index (Phi) is 5.13. The summed E-state index contributed by atoms with van der Waals surface area (Å²) in [6.07, 6.45) is 2.18. The Labute approximate surface area is 123 Å². The fourth-order valence-corrected chi connectivity index (χ4v) is 2.66. The first-order valence-corrected chi connectivity index (χ1v) is 7.33. The second kappa shape index (κ2) is 6.64. The SMILES string of the molecule is CCNc1nc(NC2CCOC(C)C2)c(Cl)cc1Cl. The van der Waals surface area contributed by atoms with Gasteiger partial charge in [0.2, 0.25) is 0 Å². The van der Waals surface area contributed by atoms with Crippen LogP contribution in [-0.4, -0.2) is 30.3 Å². The fourth-order valence-electron chi connectivity index (χ4n) is 2.18. The molecule has 0 amide bonds. The van der Waals surface area contributed by atoms with E-state index in [9.17, 15) is 0 Å². The smallest absolute Gasteiger partial charge is 0.147 e. The highest BCUT2D eigenvalue weighted by Crippen LogP contribution is 2.30. The predicted octanol–water partition coefficient (Wildman–Crippen LogP) is 3.80. The molecular weight excluding hydrogens is 285 g/mol. The van der Waals surface area contributed by atoms with Gasteiger partial charge >= 0.3 is 0 Å². The van der Waals surface area contributed by atoms with E-state index in [0.29, 0.717) is 27.7 Å². The molecule has 0 spiro atoms. The summed E-state index contributed by atoms with van der Waals surface area (Å²) < 4.78 is 5.53. The molecule has 1 saturated heterocycles. The highest BCUT2D eigenvalue weighted by atomic mass is 35.5.